The number of carbonyl (C=O) groups excluding carboxylic acids is 1. The highest BCUT2D eigenvalue weighted by atomic mass is 16.4. The van der Waals surface area contributed by atoms with Crippen LogP contribution >= 0.6 is 0 Å². The molecule has 2 heterocycles. The van der Waals surface area contributed by atoms with Crippen molar-refractivity contribution >= 4 is 17.6 Å². The first-order valence-electron chi connectivity index (χ1n) is 8.19. The maximum absolute atomic E-state index is 12.0. The largest absolute Gasteiger partial charge is 0.481 e. The van der Waals surface area contributed by atoms with Gasteiger partial charge in [0, 0.05) is 24.2 Å². The molecule has 7 nitrogen and oxygen atoms in total. The fourth-order valence-electron chi connectivity index (χ4n) is 3.22. The van der Waals surface area contributed by atoms with Gasteiger partial charge in [-0.15, -0.1) is 10.2 Å². The van der Waals surface area contributed by atoms with Crippen molar-refractivity contribution in [2.24, 2.45) is 11.8 Å². The molecule has 0 radical (unpaired) electrons. The summed E-state index contributed by atoms with van der Waals surface area (Å²) in [5.41, 5.74) is 1.63. The minimum atomic E-state index is -0.901. The van der Waals surface area contributed by atoms with Crippen LogP contribution in [0.15, 0.2) is 24.3 Å². The lowest BCUT2D eigenvalue weighted by atomic mass is 10.1. The third-order valence-electron chi connectivity index (χ3n) is 4.71. The number of anilines is 1. The van der Waals surface area contributed by atoms with E-state index in [1.807, 2.05) is 24.3 Å². The lowest BCUT2D eigenvalue weighted by Gasteiger charge is -2.14. The molecular weight excluding hydrogens is 308 g/mol. The molecule has 124 valence electrons. The van der Waals surface area contributed by atoms with Crippen molar-refractivity contribution in [3.8, 4) is 11.4 Å². The van der Waals surface area contributed by atoms with E-state index < -0.39 is 17.8 Å². The topological polar surface area (TPSA) is 97.1 Å². The molecule has 2 aromatic rings. The first-order chi connectivity index (χ1) is 11.6. The molecule has 0 bridgehead atoms. The fourth-order valence-corrected chi connectivity index (χ4v) is 3.22. The van der Waals surface area contributed by atoms with Gasteiger partial charge in [-0.1, -0.05) is 0 Å². The highest BCUT2D eigenvalue weighted by Crippen LogP contribution is 2.39. The number of fused-ring (bicyclic) bond motifs is 1. The Labute approximate surface area is 138 Å². The van der Waals surface area contributed by atoms with E-state index in [1.54, 1.807) is 0 Å². The summed E-state index contributed by atoms with van der Waals surface area (Å²) in [5, 5.41) is 20.2. The second-order valence-electron chi connectivity index (χ2n) is 6.40. The maximum Gasteiger partial charge on any atom is 0.307 e. The summed E-state index contributed by atoms with van der Waals surface area (Å²) in [6.07, 6.45) is 3.68. The molecule has 2 unspecified atom stereocenters. The van der Waals surface area contributed by atoms with Crippen molar-refractivity contribution in [2.45, 2.75) is 32.2 Å². The van der Waals surface area contributed by atoms with E-state index in [1.165, 1.54) is 0 Å². The second-order valence-corrected chi connectivity index (χ2v) is 6.40. The van der Waals surface area contributed by atoms with E-state index in [-0.39, 0.29) is 5.91 Å². The van der Waals surface area contributed by atoms with Gasteiger partial charge in [-0.3, -0.25) is 9.59 Å². The van der Waals surface area contributed by atoms with E-state index in [0.29, 0.717) is 12.1 Å². The predicted octanol–water partition coefficient (Wildman–Crippen LogP) is 1.94. The number of aryl methyl sites for hydroxylation is 1. The zero-order chi connectivity index (χ0) is 16.7. The molecule has 2 aliphatic rings. The third kappa shape index (κ3) is 2.66. The van der Waals surface area contributed by atoms with Crippen molar-refractivity contribution < 1.29 is 14.7 Å². The Hall–Kier alpha value is -2.70. The second kappa shape index (κ2) is 5.74. The number of carboxylic acids is 1. The Balaban J connectivity index is 1.46. The molecule has 1 saturated carbocycles. The lowest BCUT2D eigenvalue weighted by molar-refractivity contribution is -0.139. The Bertz CT molecular complexity index is 797. The number of carbonyl (C=O) groups is 2. The normalized spacial score (nSPS) is 21.8. The number of aromatic nitrogens is 3. The average molecular weight is 326 g/mol. The number of rotatable bonds is 4. The van der Waals surface area contributed by atoms with Gasteiger partial charge in [-0.05, 0) is 43.5 Å². The molecule has 24 heavy (non-hydrogen) atoms. The molecule has 7 heteroatoms. The molecule has 1 amide bonds. The quantitative estimate of drug-likeness (QED) is 0.895. The minimum Gasteiger partial charge on any atom is -0.481 e. The molecular formula is C17H18N4O3. The zero-order valence-corrected chi connectivity index (χ0v) is 13.1. The summed E-state index contributed by atoms with van der Waals surface area (Å²) >= 11 is 0. The summed E-state index contributed by atoms with van der Waals surface area (Å²) in [4.78, 5) is 22.8. The number of aliphatic carboxylic acids is 1. The Morgan fingerprint density at radius 1 is 1.12 bits per heavy atom. The van der Waals surface area contributed by atoms with Gasteiger partial charge >= 0.3 is 5.97 Å². The molecule has 0 saturated heterocycles. The van der Waals surface area contributed by atoms with Gasteiger partial charge in [-0.2, -0.15) is 0 Å². The molecule has 1 fully saturated rings. The van der Waals surface area contributed by atoms with Crippen LogP contribution in [0.3, 0.4) is 0 Å². The van der Waals surface area contributed by atoms with E-state index in [2.05, 4.69) is 20.1 Å². The summed E-state index contributed by atoms with van der Waals surface area (Å²) in [5.74, 6) is -0.188. The SMILES string of the molecule is O=C(O)C1CC1C(=O)Nc1ccc(-c2nnc3n2CCCC3)cc1. The Morgan fingerprint density at radius 3 is 2.62 bits per heavy atom. The van der Waals surface area contributed by atoms with Crippen molar-refractivity contribution in [1.82, 2.24) is 14.8 Å². The molecule has 0 spiro atoms. The van der Waals surface area contributed by atoms with Crippen LogP contribution in [0.1, 0.15) is 25.1 Å². The van der Waals surface area contributed by atoms with E-state index >= 15 is 0 Å². The predicted molar refractivity (Wildman–Crippen MR) is 86.3 cm³/mol. The first kappa shape index (κ1) is 14.9. The van der Waals surface area contributed by atoms with Crippen molar-refractivity contribution in [2.75, 3.05) is 5.32 Å². The molecule has 1 aromatic carbocycles. The van der Waals surface area contributed by atoms with Crippen molar-refractivity contribution in [3.05, 3.63) is 30.1 Å². The van der Waals surface area contributed by atoms with Crippen LogP contribution in [0.25, 0.3) is 11.4 Å². The first-order valence-corrected chi connectivity index (χ1v) is 8.19. The summed E-state index contributed by atoms with van der Waals surface area (Å²) < 4.78 is 2.15. The number of amides is 1. The van der Waals surface area contributed by atoms with Crippen LogP contribution < -0.4 is 5.32 Å². The van der Waals surface area contributed by atoms with Gasteiger partial charge in [0.1, 0.15) is 5.82 Å². The van der Waals surface area contributed by atoms with Crippen LogP contribution in [0.2, 0.25) is 0 Å². The number of carboxylic acid groups (broad SMARTS) is 1. The van der Waals surface area contributed by atoms with Gasteiger partial charge in [0.25, 0.3) is 0 Å². The van der Waals surface area contributed by atoms with Gasteiger partial charge in [0.05, 0.1) is 11.8 Å². The number of benzene rings is 1. The van der Waals surface area contributed by atoms with Crippen molar-refractivity contribution in [1.29, 1.82) is 0 Å². The molecule has 4 rings (SSSR count). The monoisotopic (exact) mass is 326 g/mol. The molecule has 1 aromatic heterocycles. The number of nitrogens with zero attached hydrogens (tertiary/aromatic N) is 3. The Kier molecular flexibility index (Phi) is 3.55. The highest BCUT2D eigenvalue weighted by Gasteiger charge is 2.48. The van der Waals surface area contributed by atoms with Gasteiger partial charge in [0.2, 0.25) is 5.91 Å². The van der Waals surface area contributed by atoms with E-state index in [9.17, 15) is 9.59 Å². The van der Waals surface area contributed by atoms with Gasteiger partial charge in [0.15, 0.2) is 5.82 Å². The smallest absolute Gasteiger partial charge is 0.307 e. The summed E-state index contributed by atoms with van der Waals surface area (Å²) in [6.45, 7) is 0.939. The maximum atomic E-state index is 12.0. The van der Waals surface area contributed by atoms with E-state index in [0.717, 1.165) is 43.0 Å². The lowest BCUT2D eigenvalue weighted by Crippen LogP contribution is -2.16. The summed E-state index contributed by atoms with van der Waals surface area (Å²) in [7, 11) is 0. The molecule has 1 aliphatic carbocycles. The average Bonchev–Trinajstić information content (AvgIpc) is 3.29. The third-order valence-corrected chi connectivity index (χ3v) is 4.71. The fraction of sp³-hybridized carbons (Fsp3) is 0.412. The van der Waals surface area contributed by atoms with Crippen molar-refractivity contribution in [3.63, 3.8) is 0 Å². The van der Waals surface area contributed by atoms with E-state index in [4.69, 9.17) is 5.11 Å². The highest BCUT2D eigenvalue weighted by molar-refractivity contribution is 5.98. The zero-order valence-electron chi connectivity index (χ0n) is 13.1. The van der Waals surface area contributed by atoms with Crippen LogP contribution in [0.5, 0.6) is 0 Å². The summed E-state index contributed by atoms with van der Waals surface area (Å²) in [6, 6.07) is 7.44. The number of nitrogens with one attached hydrogen (secondary N) is 1. The van der Waals surface area contributed by atoms with Gasteiger partial charge in [-0.25, -0.2) is 0 Å². The van der Waals surface area contributed by atoms with Crippen LogP contribution in [-0.2, 0) is 22.6 Å². The molecule has 2 N–H and O–H groups in total. The Morgan fingerprint density at radius 2 is 1.92 bits per heavy atom. The standard InChI is InChI=1S/C17H18N4O3/c22-16(12-9-13(12)17(23)24)18-11-6-4-10(5-7-11)15-20-19-14-3-1-2-8-21(14)15/h4-7,12-13H,1-3,8-9H2,(H,18,22)(H,23,24). The van der Waals surface area contributed by atoms with Crippen LogP contribution in [0, 0.1) is 11.8 Å². The van der Waals surface area contributed by atoms with Crippen LogP contribution in [-0.4, -0.2) is 31.7 Å². The number of hydrogen-bond acceptors (Lipinski definition) is 4. The van der Waals surface area contributed by atoms with Gasteiger partial charge < -0.3 is 15.0 Å². The minimum absolute atomic E-state index is 0.227. The number of hydrogen-bond donors (Lipinski definition) is 2. The van der Waals surface area contributed by atoms with Crippen LogP contribution in [0.4, 0.5) is 5.69 Å². The molecule has 1 aliphatic heterocycles. The molecule has 2 atom stereocenters.